The third-order valence-electron chi connectivity index (χ3n) is 11.5. The second-order valence-corrected chi connectivity index (χ2v) is 15.0. The van der Waals surface area contributed by atoms with Crippen molar-refractivity contribution >= 4 is 18.1 Å². The van der Waals surface area contributed by atoms with Gasteiger partial charge in [-0.05, 0) is 80.0 Å². The number of nitrogens with zero attached hydrogens (tertiary/aromatic N) is 4. The van der Waals surface area contributed by atoms with Gasteiger partial charge in [0.2, 0.25) is 5.91 Å². The Hall–Kier alpha value is -5.65. The summed E-state index contributed by atoms with van der Waals surface area (Å²) in [6.07, 6.45) is 16.8. The lowest BCUT2D eigenvalue weighted by Gasteiger charge is -2.27. The van der Waals surface area contributed by atoms with Crippen LogP contribution in [0.15, 0.2) is 73.0 Å². The van der Waals surface area contributed by atoms with Crippen LogP contribution in [0.25, 0.3) is 33.6 Å². The van der Waals surface area contributed by atoms with Gasteiger partial charge in [-0.15, -0.1) is 0 Å². The smallest absolute Gasteiger partial charge is 0.410 e. The van der Waals surface area contributed by atoms with Gasteiger partial charge in [-0.3, -0.25) is 9.69 Å². The zero-order valence-corrected chi connectivity index (χ0v) is 31.6. The van der Waals surface area contributed by atoms with Gasteiger partial charge in [0.05, 0.1) is 43.4 Å². The number of carbonyl (C=O) groups is 3. The van der Waals surface area contributed by atoms with Crippen molar-refractivity contribution in [3.63, 3.8) is 0 Å². The monoisotopic (exact) mass is 743 g/mol. The third-order valence-corrected chi connectivity index (χ3v) is 11.5. The highest BCUT2D eigenvalue weighted by atomic mass is 16.6. The summed E-state index contributed by atoms with van der Waals surface area (Å²) in [5, 5.41) is 2.69. The Kier molecular flexibility index (Phi) is 10.6. The summed E-state index contributed by atoms with van der Waals surface area (Å²) in [4.78, 5) is 59.1. The number of aromatic amines is 2. The molecule has 2 aromatic heterocycles. The number of hydrogen-bond donors (Lipinski definition) is 3. The number of carbonyl (C=O) groups excluding carboxylic acids is 3. The summed E-state index contributed by atoms with van der Waals surface area (Å²) in [7, 11) is 1.30. The molecule has 0 radical (unpaired) electrons. The highest BCUT2D eigenvalue weighted by Gasteiger charge is 2.37. The fourth-order valence-electron chi connectivity index (χ4n) is 8.49. The molecule has 2 saturated heterocycles. The summed E-state index contributed by atoms with van der Waals surface area (Å²) < 4.78 is 10.5. The summed E-state index contributed by atoms with van der Waals surface area (Å²) in [6.45, 7) is 3.56. The van der Waals surface area contributed by atoms with E-state index in [1.807, 2.05) is 30.2 Å². The van der Waals surface area contributed by atoms with E-state index in [2.05, 4.69) is 69.9 Å². The first kappa shape index (κ1) is 36.3. The minimum Gasteiger partial charge on any atom is -0.453 e. The number of nitrogens with one attached hydrogen (secondary N) is 3. The molecule has 3 amide bonds. The van der Waals surface area contributed by atoms with Crippen molar-refractivity contribution in [1.82, 2.24) is 35.1 Å². The van der Waals surface area contributed by atoms with E-state index in [9.17, 15) is 14.4 Å². The predicted molar refractivity (Wildman–Crippen MR) is 209 cm³/mol. The number of hydrogen-bond acceptors (Lipinski definition) is 7. The molecular weight excluding hydrogens is 695 g/mol. The Morgan fingerprint density at radius 3 is 2.44 bits per heavy atom. The number of H-pyrrole nitrogens is 2. The van der Waals surface area contributed by atoms with Crippen molar-refractivity contribution in [1.29, 1.82) is 0 Å². The van der Waals surface area contributed by atoms with Crippen molar-refractivity contribution in [3.8, 4) is 33.6 Å². The minimum atomic E-state index is -0.640. The maximum atomic E-state index is 13.5. The maximum Gasteiger partial charge on any atom is 0.410 e. The van der Waals surface area contributed by atoms with E-state index in [1.54, 1.807) is 4.90 Å². The van der Waals surface area contributed by atoms with Crippen molar-refractivity contribution in [2.24, 2.45) is 5.92 Å². The number of likely N-dealkylation sites (tertiary alicyclic amines) is 2. The first-order chi connectivity index (χ1) is 26.9. The number of ether oxygens (including phenoxy) is 2. The molecule has 2 aliphatic carbocycles. The average molecular weight is 744 g/mol. The molecule has 4 aromatic rings. The number of imidazole rings is 2. The normalized spacial score (nSPS) is 20.8. The van der Waals surface area contributed by atoms with Gasteiger partial charge in [-0.1, -0.05) is 73.7 Å². The van der Waals surface area contributed by atoms with Crippen LogP contribution in [0.5, 0.6) is 0 Å². The molecule has 1 unspecified atom stereocenters. The first-order valence-corrected chi connectivity index (χ1v) is 19.7. The summed E-state index contributed by atoms with van der Waals surface area (Å²) in [5.74, 6) is 1.71. The lowest BCUT2D eigenvalue weighted by Crippen LogP contribution is -2.48. The van der Waals surface area contributed by atoms with Crippen LogP contribution in [0, 0.1) is 5.92 Å². The molecule has 12 nitrogen and oxygen atoms in total. The minimum absolute atomic E-state index is 0.107. The van der Waals surface area contributed by atoms with Crippen molar-refractivity contribution in [3.05, 3.63) is 95.9 Å². The number of rotatable bonds is 9. The van der Waals surface area contributed by atoms with Crippen LogP contribution in [-0.2, 0) is 27.1 Å². The van der Waals surface area contributed by atoms with Crippen molar-refractivity contribution in [2.45, 2.75) is 82.8 Å². The predicted octanol–water partition coefficient (Wildman–Crippen LogP) is 7.83. The number of amides is 3. The molecule has 286 valence electrons. The molecule has 3 N–H and O–H groups in total. The van der Waals surface area contributed by atoms with E-state index in [1.165, 1.54) is 12.7 Å². The van der Waals surface area contributed by atoms with Gasteiger partial charge in [0.15, 0.2) is 0 Å². The molecule has 4 aliphatic rings. The lowest BCUT2D eigenvalue weighted by atomic mass is 9.95. The lowest BCUT2D eigenvalue weighted by molar-refractivity contribution is -0.134. The quantitative estimate of drug-likeness (QED) is 0.159. The zero-order valence-electron chi connectivity index (χ0n) is 31.6. The van der Waals surface area contributed by atoms with Crippen molar-refractivity contribution < 1.29 is 23.9 Å². The van der Waals surface area contributed by atoms with E-state index < -0.39 is 12.1 Å². The zero-order chi connectivity index (χ0) is 37.9. The molecule has 0 bridgehead atoms. The van der Waals surface area contributed by atoms with E-state index in [0.29, 0.717) is 26.1 Å². The Bertz CT molecular complexity index is 2100. The number of aromatic nitrogens is 4. The maximum absolute atomic E-state index is 13.5. The molecule has 4 atom stereocenters. The molecule has 55 heavy (non-hydrogen) atoms. The molecular formula is C43H49N7O5. The van der Waals surface area contributed by atoms with Gasteiger partial charge in [-0.2, -0.15) is 0 Å². The van der Waals surface area contributed by atoms with E-state index in [-0.39, 0.29) is 30.0 Å². The summed E-state index contributed by atoms with van der Waals surface area (Å²) in [6, 6.07) is 14.2. The van der Waals surface area contributed by atoms with Crippen LogP contribution in [0.4, 0.5) is 9.59 Å². The Morgan fingerprint density at radius 1 is 0.909 bits per heavy atom. The number of alkyl carbamates (subject to hydrolysis) is 1. The molecule has 2 aliphatic heterocycles. The van der Waals surface area contributed by atoms with Gasteiger partial charge >= 0.3 is 12.2 Å². The summed E-state index contributed by atoms with van der Waals surface area (Å²) >= 11 is 0. The Balaban J connectivity index is 0.949. The Labute approximate surface area is 321 Å². The van der Waals surface area contributed by atoms with E-state index >= 15 is 0 Å². The largest absolute Gasteiger partial charge is 0.453 e. The van der Waals surface area contributed by atoms with Gasteiger partial charge in [0.1, 0.15) is 17.7 Å². The van der Waals surface area contributed by atoms with Crippen molar-refractivity contribution in [2.75, 3.05) is 26.8 Å². The molecule has 12 heteroatoms. The highest BCUT2D eigenvalue weighted by Crippen LogP contribution is 2.38. The van der Waals surface area contributed by atoms with Gasteiger partial charge in [-0.25, -0.2) is 19.6 Å². The van der Waals surface area contributed by atoms with Crippen LogP contribution >= 0.6 is 0 Å². The fourth-order valence-corrected chi connectivity index (χ4v) is 8.49. The SMILES string of the molecule is CC[C@H](NC(=O)OC)C(=O)N1CCC[C@H]1c1nc2c([nH]1)CCCc1cc(-c3ccc(-c4cnc([C@@H]5CCCN5C(=O)OCC5C=CC=CC5)[nH]4)cc3)ccc1-2. The number of methoxy groups -OCH3 is 1. The molecule has 2 aromatic carbocycles. The topological polar surface area (TPSA) is 146 Å². The number of benzene rings is 2. The van der Waals surface area contributed by atoms with Crippen LogP contribution in [0.1, 0.15) is 86.9 Å². The van der Waals surface area contributed by atoms with Crippen LogP contribution < -0.4 is 5.32 Å². The van der Waals surface area contributed by atoms with Gasteiger partial charge < -0.3 is 29.7 Å². The van der Waals surface area contributed by atoms with Gasteiger partial charge in [0.25, 0.3) is 0 Å². The number of allylic oxidation sites excluding steroid dienone is 3. The standard InChI is InChI=1S/C43H49N7O5/c1-3-33(47-42(52)54-2)41(51)49-22-8-15-37(49)40-45-34-13-7-12-31-24-30(20-21-32(31)38(34)48-40)28-16-18-29(19-17-28)35-25-44-39(46-35)36-14-9-23-50(36)43(53)55-26-27-10-5-4-6-11-27/h4-6,10,16-21,24-25,27,33,36-37H,3,7-9,11-15,22-23,26H2,1-2H3,(H,44,46)(H,45,48)(H,47,52)/t27?,33-,36-,37-/m0/s1. The second-order valence-electron chi connectivity index (χ2n) is 15.0. The molecule has 0 saturated carbocycles. The highest BCUT2D eigenvalue weighted by molar-refractivity contribution is 5.86. The number of fused-ring (bicyclic) bond motifs is 3. The van der Waals surface area contributed by atoms with E-state index in [0.717, 1.165) is 102 Å². The van der Waals surface area contributed by atoms with Crippen LogP contribution in [-0.4, -0.2) is 80.7 Å². The second kappa shape index (κ2) is 16.0. The average Bonchev–Trinajstić information content (AvgIpc) is 4.05. The molecule has 8 rings (SSSR count). The Morgan fingerprint density at radius 2 is 1.67 bits per heavy atom. The fraction of sp³-hybridized carbons (Fsp3) is 0.419. The van der Waals surface area contributed by atoms with E-state index in [4.69, 9.17) is 19.4 Å². The molecule has 2 fully saturated rings. The first-order valence-electron chi connectivity index (χ1n) is 19.7. The van der Waals surface area contributed by atoms with Crippen LogP contribution in [0.3, 0.4) is 0 Å². The van der Waals surface area contributed by atoms with Gasteiger partial charge in [0, 0.05) is 30.3 Å². The number of aryl methyl sites for hydroxylation is 2. The third kappa shape index (κ3) is 7.54. The molecule has 0 spiro atoms. The summed E-state index contributed by atoms with van der Waals surface area (Å²) in [5.41, 5.74) is 8.67. The molecule has 4 heterocycles. The van der Waals surface area contributed by atoms with Crippen LogP contribution in [0.2, 0.25) is 0 Å².